The average molecular weight is 475 g/mol. The zero-order valence-electron chi connectivity index (χ0n) is 18.9. The van der Waals surface area contributed by atoms with Crippen molar-refractivity contribution in [3.05, 3.63) is 107 Å². The van der Waals surface area contributed by atoms with E-state index in [2.05, 4.69) is 98.8 Å². The Bertz CT molecular complexity index is 1560. The predicted molar refractivity (Wildman–Crippen MR) is 146 cm³/mol. The van der Waals surface area contributed by atoms with Crippen LogP contribution in [0.1, 0.15) is 9.75 Å². The summed E-state index contributed by atoms with van der Waals surface area (Å²) in [7, 11) is 0. The highest BCUT2D eigenvalue weighted by atomic mass is 32.1. The van der Waals surface area contributed by atoms with Crippen LogP contribution in [0.4, 0.5) is 0 Å². The summed E-state index contributed by atoms with van der Waals surface area (Å²) >= 11 is 3.49. The number of hydrogen-bond donors (Lipinski definition) is 0. The lowest BCUT2D eigenvalue weighted by molar-refractivity contribution is 1.35. The van der Waals surface area contributed by atoms with Crippen LogP contribution >= 0.6 is 22.7 Å². The van der Waals surface area contributed by atoms with E-state index >= 15 is 0 Å². The molecule has 4 aromatic rings. The maximum Gasteiger partial charge on any atom is 0.124 e. The number of benzene rings is 2. The Kier molecular flexibility index (Phi) is 5.33. The second kappa shape index (κ2) is 8.64. The lowest BCUT2D eigenvalue weighted by Crippen LogP contribution is -1.87. The summed E-state index contributed by atoms with van der Waals surface area (Å²) in [6, 6.07) is 34.0. The van der Waals surface area contributed by atoms with E-state index in [1.165, 1.54) is 20.9 Å². The summed E-state index contributed by atoms with van der Waals surface area (Å²) in [5.74, 6) is 0. The van der Waals surface area contributed by atoms with E-state index in [0.717, 1.165) is 43.7 Å². The van der Waals surface area contributed by atoms with Crippen molar-refractivity contribution in [3.63, 3.8) is 0 Å². The lowest BCUT2D eigenvalue weighted by atomic mass is 10.0. The van der Waals surface area contributed by atoms with Crippen LogP contribution in [0.3, 0.4) is 0 Å². The minimum absolute atomic E-state index is 1.03. The van der Waals surface area contributed by atoms with Crippen molar-refractivity contribution < 1.29 is 0 Å². The van der Waals surface area contributed by atoms with Crippen LogP contribution < -0.4 is 0 Å². The molecule has 0 bridgehead atoms. The Morgan fingerprint density at radius 3 is 1.56 bits per heavy atom. The van der Waals surface area contributed by atoms with E-state index in [-0.39, 0.29) is 0 Å². The quantitative estimate of drug-likeness (QED) is 0.255. The van der Waals surface area contributed by atoms with Crippen LogP contribution in [-0.2, 0) is 0 Å². The molecule has 2 aliphatic rings. The van der Waals surface area contributed by atoms with Crippen LogP contribution in [0.2, 0.25) is 0 Å². The van der Waals surface area contributed by atoms with E-state index in [4.69, 9.17) is 9.97 Å². The van der Waals surface area contributed by atoms with Gasteiger partial charge in [-0.15, -0.1) is 22.7 Å². The number of nitrogens with zero attached hydrogens (tertiary/aromatic N) is 2. The van der Waals surface area contributed by atoms with Crippen molar-refractivity contribution in [2.75, 3.05) is 0 Å². The summed E-state index contributed by atoms with van der Waals surface area (Å²) in [5, 5.41) is 2.09. The van der Waals surface area contributed by atoms with E-state index < -0.39 is 0 Å². The molecule has 0 atom stereocenters. The summed E-state index contributed by atoms with van der Waals surface area (Å²) in [5.41, 5.74) is 9.06. The van der Waals surface area contributed by atoms with Crippen molar-refractivity contribution in [2.24, 2.45) is 0 Å². The molecule has 0 saturated carbocycles. The van der Waals surface area contributed by atoms with Crippen LogP contribution in [0.15, 0.2) is 97.1 Å². The molecule has 34 heavy (non-hydrogen) atoms. The van der Waals surface area contributed by atoms with Gasteiger partial charge in [-0.05, 0) is 31.0 Å². The zero-order chi connectivity index (χ0) is 23.1. The fraction of sp³-hybridized carbons (Fsp3) is 0.0667. The number of thiazole rings is 2. The third-order valence-corrected chi connectivity index (χ3v) is 8.09. The zero-order valence-corrected chi connectivity index (χ0v) is 20.6. The normalized spacial score (nSPS) is 11.2. The van der Waals surface area contributed by atoms with Gasteiger partial charge in [-0.2, -0.15) is 0 Å². The third kappa shape index (κ3) is 3.75. The largest absolute Gasteiger partial charge is 0.236 e. The number of fused-ring (bicyclic) bond motifs is 1. The van der Waals surface area contributed by atoms with E-state index in [1.54, 1.807) is 22.7 Å². The second-order valence-corrected chi connectivity index (χ2v) is 10.7. The highest BCUT2D eigenvalue weighted by Gasteiger charge is 2.20. The van der Waals surface area contributed by atoms with Gasteiger partial charge < -0.3 is 0 Å². The molecule has 0 fully saturated rings. The summed E-state index contributed by atoms with van der Waals surface area (Å²) in [6.45, 7) is 4.33. The molecule has 2 aromatic heterocycles. The molecule has 2 aliphatic carbocycles. The summed E-state index contributed by atoms with van der Waals surface area (Å²) < 4.78 is 0. The first-order valence-electron chi connectivity index (χ1n) is 11.3. The van der Waals surface area contributed by atoms with Gasteiger partial charge in [0.15, 0.2) is 0 Å². The molecule has 4 heteroatoms. The SMILES string of the molecule is Cc1sc(-c2ccccc2)nc1-c1ccc2cccc-2cc1-c1nc(-c2ccccc2)sc1C. The van der Waals surface area contributed by atoms with Crippen molar-refractivity contribution in [3.8, 4) is 54.8 Å². The van der Waals surface area contributed by atoms with E-state index in [9.17, 15) is 0 Å². The maximum atomic E-state index is 5.14. The molecule has 0 unspecified atom stereocenters. The Morgan fingerprint density at radius 2 is 0.971 bits per heavy atom. The third-order valence-electron chi connectivity index (χ3n) is 6.05. The Morgan fingerprint density at radius 1 is 0.471 bits per heavy atom. The van der Waals surface area contributed by atoms with Gasteiger partial charge in [0.2, 0.25) is 0 Å². The van der Waals surface area contributed by atoms with Gasteiger partial charge in [0.25, 0.3) is 0 Å². The molecule has 2 aromatic carbocycles. The maximum absolute atomic E-state index is 5.14. The minimum atomic E-state index is 1.03. The number of aromatic nitrogens is 2. The summed E-state index contributed by atoms with van der Waals surface area (Å²) in [6.07, 6.45) is 0. The first kappa shape index (κ1) is 21.0. The summed E-state index contributed by atoms with van der Waals surface area (Å²) in [4.78, 5) is 12.7. The molecule has 0 spiro atoms. The first-order valence-corrected chi connectivity index (χ1v) is 12.9. The highest BCUT2D eigenvalue weighted by molar-refractivity contribution is 7.15. The van der Waals surface area contributed by atoms with Crippen LogP contribution in [0.5, 0.6) is 0 Å². The van der Waals surface area contributed by atoms with Crippen molar-refractivity contribution >= 4 is 22.7 Å². The van der Waals surface area contributed by atoms with Crippen LogP contribution in [0, 0.1) is 13.8 Å². The fourth-order valence-corrected chi connectivity index (χ4v) is 6.20. The molecule has 0 N–H and O–H groups in total. The van der Waals surface area contributed by atoms with E-state index in [1.807, 2.05) is 12.1 Å². The van der Waals surface area contributed by atoms with Crippen molar-refractivity contribution in [1.29, 1.82) is 0 Å². The standard InChI is InChI=1S/C30H22N2S2/c1-19-27(31-29(33-19)22-10-5-3-6-11-22)25-17-16-21-14-9-15-24(21)18-26(25)28-20(2)34-30(32-28)23-12-7-4-8-13-23/h3-18H,1-2H3. The van der Waals surface area contributed by atoms with Gasteiger partial charge in [0.1, 0.15) is 10.0 Å². The molecule has 164 valence electrons. The second-order valence-electron chi connectivity index (χ2n) is 8.32. The molecule has 2 heterocycles. The molecule has 0 aliphatic heterocycles. The predicted octanol–water partition coefficient (Wildman–Crippen LogP) is 8.99. The molecule has 0 radical (unpaired) electrons. The van der Waals surface area contributed by atoms with Gasteiger partial charge in [0.05, 0.1) is 11.4 Å². The smallest absolute Gasteiger partial charge is 0.124 e. The first-order chi connectivity index (χ1) is 16.7. The van der Waals surface area contributed by atoms with Crippen LogP contribution in [-0.4, -0.2) is 9.97 Å². The molecule has 2 nitrogen and oxygen atoms in total. The Labute approximate surface area is 207 Å². The van der Waals surface area contributed by atoms with Gasteiger partial charge >= 0.3 is 0 Å². The fourth-order valence-electron chi connectivity index (χ4n) is 4.33. The van der Waals surface area contributed by atoms with Gasteiger partial charge in [0, 0.05) is 32.0 Å². The number of rotatable bonds is 4. The van der Waals surface area contributed by atoms with E-state index in [0.29, 0.717) is 0 Å². The highest BCUT2D eigenvalue weighted by Crippen LogP contribution is 2.42. The van der Waals surface area contributed by atoms with Crippen LogP contribution in [0.25, 0.3) is 54.8 Å². The topological polar surface area (TPSA) is 25.8 Å². The molecule has 6 rings (SSSR count). The van der Waals surface area contributed by atoms with Gasteiger partial charge in [-0.3, -0.25) is 0 Å². The van der Waals surface area contributed by atoms with Crippen molar-refractivity contribution in [1.82, 2.24) is 9.97 Å². The Balaban J connectivity index is 1.57. The molecule has 0 saturated heterocycles. The number of hydrogen-bond acceptors (Lipinski definition) is 4. The van der Waals surface area contributed by atoms with Gasteiger partial charge in [-0.25, -0.2) is 9.97 Å². The monoisotopic (exact) mass is 474 g/mol. The van der Waals surface area contributed by atoms with Gasteiger partial charge in [-0.1, -0.05) is 91.0 Å². The average Bonchev–Trinajstić information content (AvgIpc) is 3.56. The Hall–Kier alpha value is -3.60. The molecular weight excluding hydrogens is 452 g/mol. The molecular formula is C30H22N2S2. The number of aryl methyl sites for hydroxylation is 2. The molecule has 0 amide bonds. The van der Waals surface area contributed by atoms with Crippen molar-refractivity contribution in [2.45, 2.75) is 13.8 Å². The minimum Gasteiger partial charge on any atom is -0.236 e. The lowest BCUT2D eigenvalue weighted by Gasteiger charge is -2.05.